The first-order valence-corrected chi connectivity index (χ1v) is 16.5. The van der Waals surface area contributed by atoms with E-state index in [4.69, 9.17) is 23.2 Å². The standard InChI is InChI=1S/C32H37Cl2N3O4S/c1-3-30(32(39)35-26-10-5-4-6-11-26)36(21-24-9-7-8-12-29(24)34)31(38)22-37(27-17-15-25(33)16-18-27)42(40,41)28-19-13-23(2)14-20-28/h7-9,12-20,26,30H,3-6,10-11,21-22H2,1-2H3,(H,35,39). The molecular weight excluding hydrogens is 593 g/mol. The number of hydrogen-bond acceptors (Lipinski definition) is 4. The number of amides is 2. The van der Waals surface area contributed by atoms with E-state index < -0.39 is 28.5 Å². The Balaban J connectivity index is 1.71. The zero-order chi connectivity index (χ0) is 30.3. The zero-order valence-corrected chi connectivity index (χ0v) is 26.3. The van der Waals surface area contributed by atoms with E-state index in [9.17, 15) is 18.0 Å². The van der Waals surface area contributed by atoms with Crippen LogP contribution in [0.2, 0.25) is 10.0 Å². The van der Waals surface area contributed by atoms with Gasteiger partial charge in [-0.3, -0.25) is 13.9 Å². The second-order valence-electron chi connectivity index (χ2n) is 10.7. The van der Waals surface area contributed by atoms with E-state index in [1.54, 1.807) is 54.6 Å². The topological polar surface area (TPSA) is 86.8 Å². The minimum absolute atomic E-state index is 0.0497. The summed E-state index contributed by atoms with van der Waals surface area (Å²) in [5, 5.41) is 4.04. The fourth-order valence-corrected chi connectivity index (χ4v) is 6.98. The molecule has 0 saturated heterocycles. The van der Waals surface area contributed by atoms with Crippen LogP contribution in [0.5, 0.6) is 0 Å². The number of anilines is 1. The Morgan fingerprint density at radius 2 is 1.57 bits per heavy atom. The van der Waals surface area contributed by atoms with Crippen LogP contribution in [0.15, 0.2) is 77.7 Å². The number of hydrogen-bond donors (Lipinski definition) is 1. The molecule has 3 aromatic rings. The van der Waals surface area contributed by atoms with Crippen LogP contribution < -0.4 is 9.62 Å². The second kappa shape index (κ2) is 14.4. The molecule has 1 fully saturated rings. The minimum atomic E-state index is -4.15. The molecule has 0 aromatic heterocycles. The van der Waals surface area contributed by atoms with E-state index in [1.165, 1.54) is 17.0 Å². The van der Waals surface area contributed by atoms with E-state index in [0.29, 0.717) is 22.0 Å². The van der Waals surface area contributed by atoms with Crippen molar-refractivity contribution in [1.82, 2.24) is 10.2 Å². The molecule has 1 aliphatic rings. The molecular formula is C32H37Cl2N3O4S. The fraction of sp³-hybridized carbons (Fsp3) is 0.375. The number of aryl methyl sites for hydroxylation is 1. The van der Waals surface area contributed by atoms with Gasteiger partial charge in [0.25, 0.3) is 10.0 Å². The van der Waals surface area contributed by atoms with Gasteiger partial charge in [0, 0.05) is 22.6 Å². The van der Waals surface area contributed by atoms with E-state index in [1.807, 2.05) is 19.9 Å². The van der Waals surface area contributed by atoms with Crippen LogP contribution in [0, 0.1) is 6.92 Å². The van der Waals surface area contributed by atoms with Gasteiger partial charge in [-0.1, -0.05) is 85.3 Å². The van der Waals surface area contributed by atoms with Crippen molar-refractivity contribution in [1.29, 1.82) is 0 Å². The first-order valence-electron chi connectivity index (χ1n) is 14.3. The highest BCUT2D eigenvalue weighted by atomic mass is 35.5. The van der Waals surface area contributed by atoms with Crippen molar-refractivity contribution in [2.75, 3.05) is 10.8 Å². The molecule has 224 valence electrons. The number of carbonyl (C=O) groups excluding carboxylic acids is 2. The molecule has 10 heteroatoms. The largest absolute Gasteiger partial charge is 0.352 e. The van der Waals surface area contributed by atoms with Gasteiger partial charge in [-0.25, -0.2) is 8.42 Å². The summed E-state index contributed by atoms with van der Waals surface area (Å²) in [6.45, 7) is 3.24. The fourth-order valence-electron chi connectivity index (χ4n) is 5.25. The van der Waals surface area contributed by atoms with E-state index in [-0.39, 0.29) is 29.1 Å². The van der Waals surface area contributed by atoms with E-state index in [0.717, 1.165) is 42.0 Å². The highest BCUT2D eigenvalue weighted by Gasteiger charge is 2.34. The third kappa shape index (κ3) is 7.85. The minimum Gasteiger partial charge on any atom is -0.352 e. The maximum atomic E-state index is 14.2. The van der Waals surface area contributed by atoms with Crippen molar-refractivity contribution >= 4 is 50.7 Å². The zero-order valence-electron chi connectivity index (χ0n) is 23.9. The number of benzene rings is 3. The Hall–Kier alpha value is -3.07. The monoisotopic (exact) mass is 629 g/mol. The lowest BCUT2D eigenvalue weighted by molar-refractivity contribution is -0.140. The summed E-state index contributed by atoms with van der Waals surface area (Å²) in [7, 11) is -4.15. The summed E-state index contributed by atoms with van der Waals surface area (Å²) in [5.41, 5.74) is 1.85. The molecule has 42 heavy (non-hydrogen) atoms. The molecule has 4 rings (SSSR count). The van der Waals surface area contributed by atoms with Crippen LogP contribution in [-0.4, -0.2) is 43.8 Å². The molecule has 0 aliphatic heterocycles. The number of carbonyl (C=O) groups is 2. The molecule has 1 saturated carbocycles. The Labute approximate surface area is 258 Å². The summed E-state index contributed by atoms with van der Waals surface area (Å²) in [5.74, 6) is -0.768. The molecule has 0 bridgehead atoms. The molecule has 0 spiro atoms. The van der Waals surface area contributed by atoms with Crippen LogP contribution in [0.4, 0.5) is 5.69 Å². The Bertz CT molecular complexity index is 1470. The lowest BCUT2D eigenvalue weighted by Gasteiger charge is -2.34. The van der Waals surface area contributed by atoms with Crippen molar-refractivity contribution < 1.29 is 18.0 Å². The normalized spacial score (nSPS) is 14.7. The summed E-state index contributed by atoms with van der Waals surface area (Å²) in [4.78, 5) is 29.3. The van der Waals surface area contributed by atoms with E-state index >= 15 is 0 Å². The van der Waals surface area contributed by atoms with Gasteiger partial charge in [-0.2, -0.15) is 0 Å². The molecule has 0 radical (unpaired) electrons. The van der Waals surface area contributed by atoms with E-state index in [2.05, 4.69) is 5.32 Å². The van der Waals surface area contributed by atoms with Crippen molar-refractivity contribution in [3.63, 3.8) is 0 Å². The van der Waals surface area contributed by atoms with Gasteiger partial charge in [-0.05, 0) is 74.2 Å². The maximum Gasteiger partial charge on any atom is 0.264 e. The van der Waals surface area contributed by atoms with Gasteiger partial charge >= 0.3 is 0 Å². The first-order chi connectivity index (χ1) is 20.1. The summed E-state index contributed by atoms with van der Waals surface area (Å²) >= 11 is 12.6. The van der Waals surface area contributed by atoms with Crippen LogP contribution in [0.3, 0.4) is 0 Å². The SMILES string of the molecule is CCC(C(=O)NC1CCCCC1)N(Cc1ccccc1Cl)C(=O)CN(c1ccc(Cl)cc1)S(=O)(=O)c1ccc(C)cc1. The number of rotatable bonds is 11. The highest BCUT2D eigenvalue weighted by Crippen LogP contribution is 2.27. The predicted octanol–water partition coefficient (Wildman–Crippen LogP) is 6.75. The molecule has 7 nitrogen and oxygen atoms in total. The number of halogens is 2. The van der Waals surface area contributed by atoms with Gasteiger partial charge in [0.05, 0.1) is 10.6 Å². The number of nitrogens with one attached hydrogen (secondary N) is 1. The molecule has 2 amide bonds. The third-order valence-corrected chi connectivity index (χ3v) is 10.0. The summed E-state index contributed by atoms with van der Waals surface area (Å²) in [6, 6.07) is 19.1. The van der Waals surface area contributed by atoms with Crippen LogP contribution >= 0.6 is 23.2 Å². The molecule has 1 atom stereocenters. The van der Waals surface area contributed by atoms with Crippen molar-refractivity contribution in [2.24, 2.45) is 0 Å². The second-order valence-corrected chi connectivity index (χ2v) is 13.4. The lowest BCUT2D eigenvalue weighted by atomic mass is 9.95. The highest BCUT2D eigenvalue weighted by molar-refractivity contribution is 7.92. The number of nitrogens with zero attached hydrogens (tertiary/aromatic N) is 2. The quantitative estimate of drug-likeness (QED) is 0.254. The molecule has 1 unspecified atom stereocenters. The predicted molar refractivity (Wildman–Crippen MR) is 168 cm³/mol. The lowest BCUT2D eigenvalue weighted by Crippen LogP contribution is -2.54. The Morgan fingerprint density at radius 1 is 0.929 bits per heavy atom. The summed E-state index contributed by atoms with van der Waals surface area (Å²) < 4.78 is 29.0. The maximum absolute atomic E-state index is 14.2. The average Bonchev–Trinajstić information content (AvgIpc) is 2.98. The smallest absolute Gasteiger partial charge is 0.264 e. The van der Waals surface area contributed by atoms with Gasteiger partial charge in [0.1, 0.15) is 12.6 Å². The molecule has 3 aromatic carbocycles. The van der Waals surface area contributed by atoms with Gasteiger partial charge in [-0.15, -0.1) is 0 Å². The van der Waals surface area contributed by atoms with Gasteiger partial charge in [0.15, 0.2) is 0 Å². The van der Waals surface area contributed by atoms with Gasteiger partial charge < -0.3 is 10.2 Å². The van der Waals surface area contributed by atoms with Crippen molar-refractivity contribution in [2.45, 2.75) is 75.9 Å². The molecule has 0 heterocycles. The number of sulfonamides is 1. The summed E-state index contributed by atoms with van der Waals surface area (Å²) in [6.07, 6.45) is 5.41. The molecule has 1 aliphatic carbocycles. The molecule has 1 N–H and O–H groups in total. The Morgan fingerprint density at radius 3 is 2.19 bits per heavy atom. The average molecular weight is 631 g/mol. The first kappa shape index (κ1) is 31.9. The van der Waals surface area contributed by atoms with Gasteiger partial charge in [0.2, 0.25) is 11.8 Å². The third-order valence-electron chi connectivity index (χ3n) is 7.64. The van der Waals surface area contributed by atoms with Crippen molar-refractivity contribution in [3.05, 3.63) is 94.0 Å². The Kier molecular flexibility index (Phi) is 10.9. The van der Waals surface area contributed by atoms with Crippen LogP contribution in [-0.2, 0) is 26.2 Å². The van der Waals surface area contributed by atoms with Crippen LogP contribution in [0.1, 0.15) is 56.6 Å². The van der Waals surface area contributed by atoms with Crippen molar-refractivity contribution in [3.8, 4) is 0 Å². The van der Waals surface area contributed by atoms with Crippen LogP contribution in [0.25, 0.3) is 0 Å².